The molecule has 1 saturated heterocycles. The lowest BCUT2D eigenvalue weighted by Crippen LogP contribution is -2.49. The largest absolute Gasteiger partial charge is 0.301 e. The van der Waals surface area contributed by atoms with Gasteiger partial charge in [-0.2, -0.15) is 0 Å². The topological polar surface area (TPSA) is 32.3 Å². The van der Waals surface area contributed by atoms with Crippen molar-refractivity contribution >= 4 is 33.2 Å². The highest BCUT2D eigenvalue weighted by molar-refractivity contribution is 7.16. The van der Waals surface area contributed by atoms with Gasteiger partial charge in [-0.25, -0.2) is 9.97 Å². The third-order valence-corrected chi connectivity index (χ3v) is 4.83. The summed E-state index contributed by atoms with van der Waals surface area (Å²) in [5.74, 6) is 0.830. The fourth-order valence-electron chi connectivity index (χ4n) is 2.40. The van der Waals surface area contributed by atoms with E-state index < -0.39 is 0 Å². The van der Waals surface area contributed by atoms with Gasteiger partial charge in [-0.3, -0.25) is 4.90 Å². The number of piperazine rings is 1. The molecule has 1 aliphatic heterocycles. The highest BCUT2D eigenvalue weighted by atomic mass is 35.5. The molecular weight excluding hydrogens is 280 g/mol. The van der Waals surface area contributed by atoms with Crippen LogP contribution >= 0.6 is 22.9 Å². The predicted octanol–water partition coefficient (Wildman–Crippen LogP) is 2.48. The molecule has 3 rings (SSSR count). The predicted molar refractivity (Wildman–Crippen MR) is 79.8 cm³/mol. The molecule has 0 radical (unpaired) electrons. The lowest BCUT2D eigenvalue weighted by Gasteiger charge is -2.37. The minimum Gasteiger partial charge on any atom is -0.301 e. The molecule has 0 spiro atoms. The van der Waals surface area contributed by atoms with Crippen LogP contribution in [0, 0.1) is 0 Å². The summed E-state index contributed by atoms with van der Waals surface area (Å²) >= 11 is 7.82. The second-order valence-electron chi connectivity index (χ2n) is 5.13. The summed E-state index contributed by atoms with van der Waals surface area (Å²) in [6, 6.07) is 2.55. The number of fused-ring (bicyclic) bond motifs is 1. The molecule has 1 fully saturated rings. The van der Waals surface area contributed by atoms with Gasteiger partial charge in [0.05, 0.1) is 6.54 Å². The average molecular weight is 297 g/mol. The Morgan fingerprint density at radius 1 is 1.42 bits per heavy atom. The van der Waals surface area contributed by atoms with Crippen molar-refractivity contribution in [1.82, 2.24) is 19.8 Å². The fourth-order valence-corrected chi connectivity index (χ4v) is 3.49. The number of rotatable bonds is 2. The molecule has 102 valence electrons. The maximum atomic E-state index is 6.20. The molecule has 0 aliphatic carbocycles. The van der Waals surface area contributed by atoms with Crippen LogP contribution < -0.4 is 0 Å². The Bertz CT molecular complexity index is 585. The van der Waals surface area contributed by atoms with Crippen molar-refractivity contribution in [3.05, 3.63) is 22.4 Å². The van der Waals surface area contributed by atoms with Crippen LogP contribution in [0.2, 0.25) is 5.15 Å². The maximum absolute atomic E-state index is 6.20. The number of hydrogen-bond donors (Lipinski definition) is 0. The van der Waals surface area contributed by atoms with Crippen molar-refractivity contribution < 1.29 is 0 Å². The minimum absolute atomic E-state index is 0.573. The quantitative estimate of drug-likeness (QED) is 0.797. The van der Waals surface area contributed by atoms with E-state index in [-0.39, 0.29) is 0 Å². The molecule has 2 aromatic rings. The van der Waals surface area contributed by atoms with Gasteiger partial charge >= 0.3 is 0 Å². The van der Waals surface area contributed by atoms with Crippen molar-refractivity contribution in [3.8, 4) is 0 Å². The molecule has 0 aromatic carbocycles. The molecular formula is C13H17ClN4S. The van der Waals surface area contributed by atoms with E-state index in [2.05, 4.69) is 33.7 Å². The standard InChI is InChI=1S/C13H17ClN4S/c1-9-7-18(5-4-17(9)2)8-11-15-12(14)10-3-6-19-13(10)16-11/h3,6,9H,4-5,7-8H2,1-2H3. The van der Waals surface area contributed by atoms with E-state index in [1.807, 2.05) is 11.4 Å². The summed E-state index contributed by atoms with van der Waals surface area (Å²) in [7, 11) is 2.17. The van der Waals surface area contributed by atoms with Crippen LogP contribution in [-0.2, 0) is 6.54 Å². The SMILES string of the molecule is CC1CN(Cc2nc(Cl)c3ccsc3n2)CCN1C. The molecule has 0 amide bonds. The minimum atomic E-state index is 0.573. The first kappa shape index (κ1) is 13.2. The van der Waals surface area contributed by atoms with E-state index in [1.54, 1.807) is 11.3 Å². The van der Waals surface area contributed by atoms with E-state index in [1.165, 1.54) is 0 Å². The molecule has 0 N–H and O–H groups in total. The second-order valence-corrected chi connectivity index (χ2v) is 6.39. The summed E-state index contributed by atoms with van der Waals surface area (Å²) in [4.78, 5) is 14.8. The molecule has 6 heteroatoms. The van der Waals surface area contributed by atoms with Crippen molar-refractivity contribution in [2.75, 3.05) is 26.7 Å². The summed E-state index contributed by atoms with van der Waals surface area (Å²) in [5, 5.41) is 3.54. The van der Waals surface area contributed by atoms with Crippen LogP contribution in [0.3, 0.4) is 0 Å². The monoisotopic (exact) mass is 296 g/mol. The first-order valence-corrected chi connectivity index (χ1v) is 7.71. The second kappa shape index (κ2) is 5.32. The van der Waals surface area contributed by atoms with Gasteiger partial charge in [0.15, 0.2) is 0 Å². The maximum Gasteiger partial charge on any atom is 0.145 e. The first-order chi connectivity index (χ1) is 9.13. The van der Waals surface area contributed by atoms with Gasteiger partial charge in [0, 0.05) is 31.1 Å². The van der Waals surface area contributed by atoms with Gasteiger partial charge in [0.2, 0.25) is 0 Å². The number of nitrogens with zero attached hydrogens (tertiary/aromatic N) is 4. The summed E-state index contributed by atoms with van der Waals surface area (Å²) in [6.45, 7) is 6.24. The van der Waals surface area contributed by atoms with E-state index >= 15 is 0 Å². The van der Waals surface area contributed by atoms with Gasteiger partial charge in [0.1, 0.15) is 15.8 Å². The summed E-state index contributed by atoms with van der Waals surface area (Å²) in [6.07, 6.45) is 0. The number of aromatic nitrogens is 2. The van der Waals surface area contributed by atoms with Crippen LogP contribution in [0.4, 0.5) is 0 Å². The highest BCUT2D eigenvalue weighted by Crippen LogP contribution is 2.25. The van der Waals surface area contributed by atoms with Gasteiger partial charge < -0.3 is 4.90 Å². The number of thiophene rings is 1. The Kier molecular flexibility index (Phi) is 3.71. The molecule has 3 heterocycles. The molecule has 1 aliphatic rings. The zero-order valence-corrected chi connectivity index (χ0v) is 12.7. The molecule has 19 heavy (non-hydrogen) atoms. The average Bonchev–Trinajstić information content (AvgIpc) is 2.82. The Hall–Kier alpha value is -0.750. The number of halogens is 1. The third-order valence-electron chi connectivity index (χ3n) is 3.73. The zero-order valence-electron chi connectivity index (χ0n) is 11.1. The molecule has 1 atom stereocenters. The van der Waals surface area contributed by atoms with E-state index in [4.69, 9.17) is 11.6 Å². The Balaban J connectivity index is 1.78. The smallest absolute Gasteiger partial charge is 0.145 e. The van der Waals surface area contributed by atoms with Crippen molar-refractivity contribution in [2.45, 2.75) is 19.5 Å². The molecule has 1 unspecified atom stereocenters. The Labute approximate surface area is 122 Å². The third kappa shape index (κ3) is 2.74. The Morgan fingerprint density at radius 3 is 3.05 bits per heavy atom. The summed E-state index contributed by atoms with van der Waals surface area (Å²) in [5.41, 5.74) is 0. The normalized spacial score (nSPS) is 22.2. The van der Waals surface area contributed by atoms with Crippen molar-refractivity contribution in [1.29, 1.82) is 0 Å². The molecule has 0 bridgehead atoms. The highest BCUT2D eigenvalue weighted by Gasteiger charge is 2.21. The first-order valence-electron chi connectivity index (χ1n) is 6.45. The van der Waals surface area contributed by atoms with Crippen LogP contribution in [0.5, 0.6) is 0 Å². The van der Waals surface area contributed by atoms with E-state index in [0.717, 1.165) is 42.2 Å². The van der Waals surface area contributed by atoms with Crippen LogP contribution in [0.15, 0.2) is 11.4 Å². The number of likely N-dealkylation sites (N-methyl/N-ethyl adjacent to an activating group) is 1. The van der Waals surface area contributed by atoms with Crippen LogP contribution in [0.1, 0.15) is 12.7 Å². The van der Waals surface area contributed by atoms with Gasteiger partial charge in [-0.05, 0) is 25.4 Å². The fraction of sp³-hybridized carbons (Fsp3) is 0.538. The van der Waals surface area contributed by atoms with Gasteiger partial charge in [-0.15, -0.1) is 11.3 Å². The molecule has 2 aromatic heterocycles. The van der Waals surface area contributed by atoms with Crippen molar-refractivity contribution in [2.24, 2.45) is 0 Å². The number of hydrogen-bond acceptors (Lipinski definition) is 5. The zero-order chi connectivity index (χ0) is 13.4. The van der Waals surface area contributed by atoms with Crippen molar-refractivity contribution in [3.63, 3.8) is 0 Å². The molecule has 0 saturated carbocycles. The van der Waals surface area contributed by atoms with Gasteiger partial charge in [-0.1, -0.05) is 11.6 Å². The lowest BCUT2D eigenvalue weighted by molar-refractivity contribution is 0.0981. The van der Waals surface area contributed by atoms with E-state index in [0.29, 0.717) is 11.2 Å². The van der Waals surface area contributed by atoms with Crippen LogP contribution in [0.25, 0.3) is 10.2 Å². The Morgan fingerprint density at radius 2 is 2.26 bits per heavy atom. The van der Waals surface area contributed by atoms with Crippen LogP contribution in [-0.4, -0.2) is 52.5 Å². The van der Waals surface area contributed by atoms with E-state index in [9.17, 15) is 0 Å². The van der Waals surface area contributed by atoms with Gasteiger partial charge in [0.25, 0.3) is 0 Å². The lowest BCUT2D eigenvalue weighted by atomic mass is 10.2. The summed E-state index contributed by atoms with van der Waals surface area (Å²) < 4.78 is 0. The molecule has 4 nitrogen and oxygen atoms in total.